The maximum Gasteiger partial charge on any atom is 0.286 e. The lowest BCUT2D eigenvalue weighted by atomic mass is 9.91. The second kappa shape index (κ2) is 9.36. The summed E-state index contributed by atoms with van der Waals surface area (Å²) in [5.74, 6) is 0.0540. The van der Waals surface area contributed by atoms with Crippen LogP contribution in [0.1, 0.15) is 76.9 Å². The molecule has 25 heavy (non-hydrogen) atoms. The van der Waals surface area contributed by atoms with Crippen molar-refractivity contribution in [2.45, 2.75) is 88.8 Å². The number of thioether (sulfide) groups is 1. The predicted octanol–water partition coefficient (Wildman–Crippen LogP) is 3.96. The number of aromatic nitrogens is 2. The smallest absolute Gasteiger partial charge is 0.286 e. The first-order valence-corrected chi connectivity index (χ1v) is 10.1. The van der Waals surface area contributed by atoms with E-state index in [0.717, 1.165) is 32.1 Å². The molecule has 0 N–H and O–H groups in total. The van der Waals surface area contributed by atoms with Gasteiger partial charge < -0.3 is 9.32 Å². The van der Waals surface area contributed by atoms with Gasteiger partial charge in [0.05, 0.1) is 0 Å². The van der Waals surface area contributed by atoms with E-state index in [9.17, 15) is 9.59 Å². The quantitative estimate of drug-likeness (QED) is 0.373. The molecule has 0 saturated heterocycles. The number of Topliss-reactive ketones (excluding diaryl/α,β-unsaturated/α-hetero) is 1. The average molecular weight is 368 g/mol. The summed E-state index contributed by atoms with van der Waals surface area (Å²) < 4.78 is 5.55. The maximum atomic E-state index is 13.0. The van der Waals surface area contributed by atoms with Gasteiger partial charge in [0.25, 0.3) is 11.1 Å². The predicted molar refractivity (Wildman–Crippen MR) is 97.6 cm³/mol. The van der Waals surface area contributed by atoms with E-state index in [-0.39, 0.29) is 23.6 Å². The van der Waals surface area contributed by atoms with Gasteiger partial charge in [0.15, 0.2) is 0 Å². The topological polar surface area (TPSA) is 76.3 Å². The molecule has 7 heteroatoms. The van der Waals surface area contributed by atoms with Gasteiger partial charge in [-0.25, -0.2) is 0 Å². The summed E-state index contributed by atoms with van der Waals surface area (Å²) in [6.07, 6.45) is 6.76. The number of hydrogen-bond acceptors (Lipinski definition) is 6. The second-order valence-corrected chi connectivity index (χ2v) is 8.92. The van der Waals surface area contributed by atoms with Gasteiger partial charge >= 0.3 is 0 Å². The van der Waals surface area contributed by atoms with Crippen LogP contribution >= 0.6 is 11.8 Å². The van der Waals surface area contributed by atoms with E-state index in [1.54, 1.807) is 4.90 Å². The standard InChI is InChI=1S/C18H29N3O3S/c1-12(2)10-15(21(11-22)14-8-6-5-7-9-14)16(23)17-19-20-18(24-17)25-13(3)4/h11-15H,5-10H2,1-4H3. The fourth-order valence-corrected chi connectivity index (χ4v) is 3.92. The molecule has 1 heterocycles. The van der Waals surface area contributed by atoms with Crippen LogP contribution < -0.4 is 0 Å². The maximum absolute atomic E-state index is 13.0. The van der Waals surface area contributed by atoms with Crippen LogP contribution in [0.4, 0.5) is 0 Å². The number of carbonyl (C=O) groups excluding carboxylic acids is 2. The van der Waals surface area contributed by atoms with Crippen LogP contribution in [0.3, 0.4) is 0 Å². The highest BCUT2D eigenvalue weighted by molar-refractivity contribution is 7.99. The molecule has 1 amide bonds. The third-order valence-electron chi connectivity index (χ3n) is 4.43. The first kappa shape index (κ1) is 19.9. The van der Waals surface area contributed by atoms with Crippen molar-refractivity contribution in [3.8, 4) is 0 Å². The molecule has 0 bridgehead atoms. The minimum Gasteiger partial charge on any atom is -0.408 e. The van der Waals surface area contributed by atoms with Crippen molar-refractivity contribution in [1.82, 2.24) is 15.1 Å². The third kappa shape index (κ3) is 5.56. The summed E-state index contributed by atoms with van der Waals surface area (Å²) in [5, 5.41) is 8.58. The van der Waals surface area contributed by atoms with Crippen LogP contribution in [0.2, 0.25) is 0 Å². The molecule has 1 aromatic rings. The molecule has 140 valence electrons. The Balaban J connectivity index is 2.20. The molecular formula is C18H29N3O3S. The lowest BCUT2D eigenvalue weighted by molar-refractivity contribution is -0.122. The van der Waals surface area contributed by atoms with Gasteiger partial charge in [-0.2, -0.15) is 0 Å². The molecule has 1 aromatic heterocycles. The number of hydrogen-bond donors (Lipinski definition) is 0. The lowest BCUT2D eigenvalue weighted by Crippen LogP contribution is -2.48. The fraction of sp³-hybridized carbons (Fsp3) is 0.778. The Kier molecular flexibility index (Phi) is 7.47. The van der Waals surface area contributed by atoms with Gasteiger partial charge in [-0.15, -0.1) is 10.2 Å². The minimum absolute atomic E-state index is 0.0106. The molecule has 2 rings (SSSR count). The van der Waals surface area contributed by atoms with E-state index >= 15 is 0 Å². The lowest BCUT2D eigenvalue weighted by Gasteiger charge is -2.36. The van der Waals surface area contributed by atoms with Crippen LogP contribution in [0.25, 0.3) is 0 Å². The highest BCUT2D eigenvalue weighted by atomic mass is 32.2. The van der Waals surface area contributed by atoms with E-state index in [1.807, 2.05) is 13.8 Å². The molecular weight excluding hydrogens is 338 g/mol. The molecule has 1 unspecified atom stereocenters. The van der Waals surface area contributed by atoms with Crippen molar-refractivity contribution in [1.29, 1.82) is 0 Å². The monoisotopic (exact) mass is 367 g/mol. The number of ketones is 1. The van der Waals surface area contributed by atoms with Crippen LogP contribution in [0.5, 0.6) is 0 Å². The van der Waals surface area contributed by atoms with Gasteiger partial charge in [0.1, 0.15) is 6.04 Å². The molecule has 0 aliphatic heterocycles. The molecule has 0 radical (unpaired) electrons. The van der Waals surface area contributed by atoms with Crippen molar-refractivity contribution < 1.29 is 14.0 Å². The van der Waals surface area contributed by atoms with Crippen LogP contribution in [0.15, 0.2) is 9.64 Å². The molecule has 1 aliphatic carbocycles. The van der Waals surface area contributed by atoms with Gasteiger partial charge in [-0.05, 0) is 25.2 Å². The summed E-state index contributed by atoms with van der Waals surface area (Å²) in [5.41, 5.74) is 0. The fourth-order valence-electron chi connectivity index (χ4n) is 3.30. The second-order valence-electron chi connectivity index (χ2n) is 7.39. The van der Waals surface area contributed by atoms with Crippen molar-refractivity contribution in [3.05, 3.63) is 5.89 Å². The summed E-state index contributed by atoms with van der Waals surface area (Å²) in [6.45, 7) is 8.15. The highest BCUT2D eigenvalue weighted by Crippen LogP contribution is 2.27. The molecule has 1 fully saturated rings. The van der Waals surface area contributed by atoms with Crippen molar-refractivity contribution in [3.63, 3.8) is 0 Å². The first-order valence-electron chi connectivity index (χ1n) is 9.19. The molecule has 1 aliphatic rings. The zero-order valence-electron chi connectivity index (χ0n) is 15.6. The van der Waals surface area contributed by atoms with Crippen LogP contribution in [-0.2, 0) is 4.79 Å². The van der Waals surface area contributed by atoms with Gasteiger partial charge in [0, 0.05) is 11.3 Å². The highest BCUT2D eigenvalue weighted by Gasteiger charge is 2.35. The Morgan fingerprint density at radius 2 is 1.92 bits per heavy atom. The molecule has 0 spiro atoms. The summed E-state index contributed by atoms with van der Waals surface area (Å²) >= 11 is 1.43. The molecule has 1 saturated carbocycles. The summed E-state index contributed by atoms with van der Waals surface area (Å²) in [7, 11) is 0. The summed E-state index contributed by atoms with van der Waals surface area (Å²) in [4.78, 5) is 26.5. The molecule has 6 nitrogen and oxygen atoms in total. The van der Waals surface area contributed by atoms with E-state index in [2.05, 4.69) is 24.0 Å². The van der Waals surface area contributed by atoms with Crippen molar-refractivity contribution in [2.75, 3.05) is 0 Å². The average Bonchev–Trinajstić information content (AvgIpc) is 3.02. The largest absolute Gasteiger partial charge is 0.408 e. The normalized spacial score (nSPS) is 17.0. The van der Waals surface area contributed by atoms with E-state index in [1.165, 1.54) is 18.2 Å². The van der Waals surface area contributed by atoms with Gasteiger partial charge in [-0.1, -0.05) is 58.7 Å². The third-order valence-corrected chi connectivity index (χ3v) is 5.27. The first-order chi connectivity index (χ1) is 11.9. The zero-order chi connectivity index (χ0) is 18.4. The van der Waals surface area contributed by atoms with Crippen molar-refractivity contribution in [2.24, 2.45) is 5.92 Å². The Bertz CT molecular complexity index is 568. The SMILES string of the molecule is CC(C)CC(C(=O)c1nnc(SC(C)C)o1)N(C=O)C1CCCCC1. The number of nitrogens with zero attached hydrogens (tertiary/aromatic N) is 3. The molecule has 1 atom stereocenters. The molecule has 0 aromatic carbocycles. The number of rotatable bonds is 9. The van der Waals surface area contributed by atoms with Crippen molar-refractivity contribution >= 4 is 24.0 Å². The Hall–Kier alpha value is -1.37. The Morgan fingerprint density at radius 1 is 1.24 bits per heavy atom. The van der Waals surface area contributed by atoms with E-state index in [4.69, 9.17) is 4.42 Å². The summed E-state index contributed by atoms with van der Waals surface area (Å²) in [6, 6.07) is -0.399. The van der Waals surface area contributed by atoms with E-state index < -0.39 is 6.04 Å². The van der Waals surface area contributed by atoms with Crippen LogP contribution in [0, 0.1) is 5.92 Å². The minimum atomic E-state index is -0.530. The van der Waals surface area contributed by atoms with E-state index in [0.29, 0.717) is 16.9 Å². The van der Waals surface area contributed by atoms with Gasteiger partial charge in [0.2, 0.25) is 12.2 Å². The van der Waals surface area contributed by atoms with Crippen LogP contribution in [-0.4, -0.2) is 44.6 Å². The zero-order valence-corrected chi connectivity index (χ0v) is 16.4. The number of amides is 1. The Morgan fingerprint density at radius 3 is 2.48 bits per heavy atom. The van der Waals surface area contributed by atoms with Gasteiger partial charge in [-0.3, -0.25) is 9.59 Å². The number of carbonyl (C=O) groups is 2. The Labute approximate surface area is 154 Å².